The van der Waals surface area contributed by atoms with Crippen LogP contribution in [0.5, 0.6) is 5.75 Å². The van der Waals surface area contributed by atoms with E-state index >= 15 is 0 Å². The minimum absolute atomic E-state index is 0.0566. The van der Waals surface area contributed by atoms with E-state index in [4.69, 9.17) is 4.74 Å². The van der Waals surface area contributed by atoms with Gasteiger partial charge in [0.05, 0.1) is 12.8 Å². The fraction of sp³-hybridized carbons (Fsp3) is 0.421. The molecule has 1 aliphatic heterocycles. The number of anilines is 2. The fourth-order valence-electron chi connectivity index (χ4n) is 3.01. The fourth-order valence-corrected chi connectivity index (χ4v) is 3.01. The first kappa shape index (κ1) is 18.0. The number of para-hydroxylation sites is 2. The number of rotatable bonds is 5. The third kappa shape index (κ3) is 4.04. The van der Waals surface area contributed by atoms with Crippen molar-refractivity contribution < 1.29 is 9.53 Å². The number of benzene rings is 1. The van der Waals surface area contributed by atoms with Crippen LogP contribution < -0.4 is 15.0 Å². The average molecular weight is 355 g/mol. The molecule has 0 saturated carbocycles. The van der Waals surface area contributed by atoms with Gasteiger partial charge in [-0.2, -0.15) is 0 Å². The van der Waals surface area contributed by atoms with Crippen LogP contribution in [0.15, 0.2) is 36.5 Å². The van der Waals surface area contributed by atoms with E-state index in [1.54, 1.807) is 19.4 Å². The van der Waals surface area contributed by atoms with Crippen molar-refractivity contribution in [1.82, 2.24) is 14.9 Å². The van der Waals surface area contributed by atoms with E-state index in [2.05, 4.69) is 20.2 Å². The van der Waals surface area contributed by atoms with E-state index in [1.165, 1.54) is 0 Å². The lowest BCUT2D eigenvalue weighted by atomic mass is 10.2. The second-order valence-corrected chi connectivity index (χ2v) is 6.52. The lowest BCUT2D eigenvalue weighted by molar-refractivity contribution is 0.0740. The predicted octanol–water partition coefficient (Wildman–Crippen LogP) is 2.27. The Morgan fingerprint density at radius 2 is 1.88 bits per heavy atom. The molecule has 1 aromatic carbocycles. The molecule has 1 fully saturated rings. The van der Waals surface area contributed by atoms with Crippen LogP contribution in [0.25, 0.3) is 0 Å². The zero-order chi connectivity index (χ0) is 18.5. The molecule has 7 nitrogen and oxygen atoms in total. The Kier molecular flexibility index (Phi) is 5.55. The summed E-state index contributed by atoms with van der Waals surface area (Å²) in [5.74, 6) is 1.28. The van der Waals surface area contributed by atoms with Gasteiger partial charge in [0.1, 0.15) is 11.4 Å². The number of nitrogens with one attached hydrogen (secondary N) is 1. The number of methoxy groups -OCH3 is 1. The van der Waals surface area contributed by atoms with Gasteiger partial charge in [0.25, 0.3) is 5.91 Å². The van der Waals surface area contributed by atoms with Crippen molar-refractivity contribution >= 4 is 17.5 Å². The van der Waals surface area contributed by atoms with Crippen LogP contribution >= 0.6 is 0 Å². The van der Waals surface area contributed by atoms with Gasteiger partial charge in [0, 0.05) is 38.4 Å². The highest BCUT2D eigenvalue weighted by Gasteiger charge is 2.24. The second kappa shape index (κ2) is 8.03. The van der Waals surface area contributed by atoms with Gasteiger partial charge in [-0.1, -0.05) is 12.1 Å². The van der Waals surface area contributed by atoms with E-state index in [9.17, 15) is 4.79 Å². The number of ether oxygens (including phenoxy) is 1. The Morgan fingerprint density at radius 1 is 1.15 bits per heavy atom. The molecule has 0 aliphatic carbocycles. The maximum Gasteiger partial charge on any atom is 0.272 e. The van der Waals surface area contributed by atoms with Gasteiger partial charge in [0.2, 0.25) is 5.95 Å². The summed E-state index contributed by atoms with van der Waals surface area (Å²) in [6, 6.07) is 9.84. The molecule has 1 N–H and O–H groups in total. The van der Waals surface area contributed by atoms with Gasteiger partial charge in [-0.3, -0.25) is 4.79 Å². The van der Waals surface area contributed by atoms with E-state index in [-0.39, 0.29) is 11.9 Å². The SMILES string of the molecule is COc1ccccc1N1CCN(C(=O)c2ccnc(NC(C)C)n2)CC1. The zero-order valence-electron chi connectivity index (χ0n) is 15.5. The van der Waals surface area contributed by atoms with Crippen LogP contribution in [0.2, 0.25) is 0 Å². The number of carbonyl (C=O) groups is 1. The summed E-state index contributed by atoms with van der Waals surface area (Å²) < 4.78 is 5.44. The lowest BCUT2D eigenvalue weighted by Crippen LogP contribution is -2.49. The highest BCUT2D eigenvalue weighted by Crippen LogP contribution is 2.28. The van der Waals surface area contributed by atoms with Gasteiger partial charge >= 0.3 is 0 Å². The molecule has 0 radical (unpaired) electrons. The Labute approximate surface area is 154 Å². The summed E-state index contributed by atoms with van der Waals surface area (Å²) in [6.07, 6.45) is 1.62. The van der Waals surface area contributed by atoms with Crippen molar-refractivity contribution in [2.45, 2.75) is 19.9 Å². The number of amides is 1. The molecule has 1 amide bonds. The Bertz CT molecular complexity index is 757. The third-order valence-electron chi connectivity index (χ3n) is 4.29. The Balaban J connectivity index is 1.65. The minimum Gasteiger partial charge on any atom is -0.495 e. The summed E-state index contributed by atoms with van der Waals surface area (Å²) >= 11 is 0. The molecule has 2 heterocycles. The van der Waals surface area contributed by atoms with E-state index in [1.807, 2.05) is 43.0 Å². The first-order valence-electron chi connectivity index (χ1n) is 8.85. The molecule has 3 rings (SSSR count). The summed E-state index contributed by atoms with van der Waals surface area (Å²) in [5, 5.41) is 3.13. The van der Waals surface area contributed by atoms with Crippen molar-refractivity contribution in [2.24, 2.45) is 0 Å². The number of hydrogen-bond donors (Lipinski definition) is 1. The molecule has 0 atom stereocenters. The molecule has 7 heteroatoms. The van der Waals surface area contributed by atoms with Gasteiger partial charge < -0.3 is 19.9 Å². The Hall–Kier alpha value is -2.83. The monoisotopic (exact) mass is 355 g/mol. The van der Waals surface area contributed by atoms with Crippen LogP contribution in [0.4, 0.5) is 11.6 Å². The standard InChI is InChI=1S/C19H25N5O2/c1-14(2)21-19-20-9-8-15(22-19)18(25)24-12-10-23(11-13-24)16-6-4-5-7-17(16)26-3/h4-9,14H,10-13H2,1-3H3,(H,20,21,22). The van der Waals surface area contributed by atoms with Crippen molar-refractivity contribution in [1.29, 1.82) is 0 Å². The summed E-state index contributed by atoms with van der Waals surface area (Å²) in [4.78, 5) is 25.4. The largest absolute Gasteiger partial charge is 0.495 e. The summed E-state index contributed by atoms with van der Waals surface area (Å²) in [7, 11) is 1.68. The Morgan fingerprint density at radius 3 is 2.58 bits per heavy atom. The number of piperazine rings is 1. The highest BCUT2D eigenvalue weighted by atomic mass is 16.5. The van der Waals surface area contributed by atoms with Crippen LogP contribution in [0, 0.1) is 0 Å². The molecule has 1 aromatic heterocycles. The van der Waals surface area contributed by atoms with Crippen molar-refractivity contribution in [3.8, 4) is 5.75 Å². The number of hydrogen-bond acceptors (Lipinski definition) is 6. The topological polar surface area (TPSA) is 70.6 Å². The summed E-state index contributed by atoms with van der Waals surface area (Å²) in [6.45, 7) is 6.83. The molecule has 26 heavy (non-hydrogen) atoms. The molecular formula is C19H25N5O2. The van der Waals surface area contributed by atoms with Crippen LogP contribution in [0.3, 0.4) is 0 Å². The van der Waals surface area contributed by atoms with Crippen LogP contribution in [0.1, 0.15) is 24.3 Å². The second-order valence-electron chi connectivity index (χ2n) is 6.52. The molecule has 138 valence electrons. The molecule has 1 aliphatic rings. The molecule has 0 unspecified atom stereocenters. The van der Waals surface area contributed by atoms with Crippen LogP contribution in [-0.2, 0) is 0 Å². The maximum absolute atomic E-state index is 12.8. The van der Waals surface area contributed by atoms with E-state index in [0.717, 1.165) is 24.5 Å². The number of aromatic nitrogens is 2. The highest BCUT2D eigenvalue weighted by molar-refractivity contribution is 5.92. The van der Waals surface area contributed by atoms with Gasteiger partial charge in [0.15, 0.2) is 0 Å². The van der Waals surface area contributed by atoms with Gasteiger partial charge in [-0.15, -0.1) is 0 Å². The van der Waals surface area contributed by atoms with E-state index < -0.39 is 0 Å². The first-order valence-corrected chi connectivity index (χ1v) is 8.85. The zero-order valence-corrected chi connectivity index (χ0v) is 15.5. The number of carbonyl (C=O) groups excluding carboxylic acids is 1. The quantitative estimate of drug-likeness (QED) is 0.887. The van der Waals surface area contributed by atoms with Gasteiger partial charge in [-0.05, 0) is 32.0 Å². The first-order chi connectivity index (χ1) is 12.6. The van der Waals surface area contributed by atoms with Crippen molar-refractivity contribution in [2.75, 3.05) is 43.5 Å². The third-order valence-corrected chi connectivity index (χ3v) is 4.29. The van der Waals surface area contributed by atoms with Gasteiger partial charge in [-0.25, -0.2) is 9.97 Å². The smallest absolute Gasteiger partial charge is 0.272 e. The maximum atomic E-state index is 12.8. The predicted molar refractivity (Wildman–Crippen MR) is 102 cm³/mol. The van der Waals surface area contributed by atoms with Crippen LogP contribution in [-0.4, -0.2) is 60.1 Å². The molecular weight excluding hydrogens is 330 g/mol. The molecule has 1 saturated heterocycles. The lowest BCUT2D eigenvalue weighted by Gasteiger charge is -2.36. The normalized spacial score (nSPS) is 14.5. The number of nitrogens with zero attached hydrogens (tertiary/aromatic N) is 4. The minimum atomic E-state index is -0.0566. The van der Waals surface area contributed by atoms with E-state index in [0.29, 0.717) is 24.7 Å². The molecule has 0 bridgehead atoms. The van der Waals surface area contributed by atoms with Crippen molar-refractivity contribution in [3.63, 3.8) is 0 Å². The van der Waals surface area contributed by atoms with Crippen molar-refractivity contribution in [3.05, 3.63) is 42.2 Å². The molecule has 0 spiro atoms. The molecule has 2 aromatic rings. The summed E-state index contributed by atoms with van der Waals surface area (Å²) in [5.41, 5.74) is 1.49. The average Bonchev–Trinajstić information content (AvgIpc) is 2.67.